The van der Waals surface area contributed by atoms with Crippen molar-refractivity contribution in [2.75, 3.05) is 46.6 Å². The van der Waals surface area contributed by atoms with E-state index < -0.39 is 6.67 Å². The van der Waals surface area contributed by atoms with Crippen molar-refractivity contribution in [2.45, 2.75) is 37.6 Å². The number of amides is 1. The monoisotopic (exact) mass is 272 g/mol. The van der Waals surface area contributed by atoms with Crippen LogP contribution in [0.1, 0.15) is 32.1 Å². The molecule has 0 aromatic heterocycles. The van der Waals surface area contributed by atoms with Gasteiger partial charge in [-0.05, 0) is 32.2 Å². The van der Waals surface area contributed by atoms with E-state index in [4.69, 9.17) is 4.74 Å². The zero-order chi connectivity index (χ0) is 13.7. The minimum Gasteiger partial charge on any atom is -0.383 e. The molecule has 2 aliphatic heterocycles. The molecule has 19 heavy (non-hydrogen) atoms. The highest BCUT2D eigenvalue weighted by Crippen LogP contribution is 2.38. The van der Waals surface area contributed by atoms with E-state index in [0.29, 0.717) is 6.42 Å². The molecular weight excluding hydrogens is 247 g/mol. The summed E-state index contributed by atoms with van der Waals surface area (Å²) in [4.78, 5) is 16.2. The van der Waals surface area contributed by atoms with Gasteiger partial charge in [-0.1, -0.05) is 0 Å². The van der Waals surface area contributed by atoms with E-state index in [2.05, 4.69) is 4.90 Å². The summed E-state index contributed by atoms with van der Waals surface area (Å²) in [5.41, 5.74) is -0.0645. The topological polar surface area (TPSA) is 32.8 Å². The number of likely N-dealkylation sites (tertiary alicyclic amines) is 2. The van der Waals surface area contributed by atoms with E-state index in [0.717, 1.165) is 51.9 Å². The Hall–Kier alpha value is -0.680. The summed E-state index contributed by atoms with van der Waals surface area (Å²) in [5, 5.41) is 0. The summed E-state index contributed by atoms with van der Waals surface area (Å²) < 4.78 is 17.8. The Morgan fingerprint density at radius 1 is 1.26 bits per heavy atom. The van der Waals surface area contributed by atoms with Crippen LogP contribution in [0.2, 0.25) is 0 Å². The van der Waals surface area contributed by atoms with Crippen LogP contribution in [-0.2, 0) is 9.53 Å². The molecule has 0 N–H and O–H groups in total. The van der Waals surface area contributed by atoms with Crippen molar-refractivity contribution in [1.29, 1.82) is 0 Å². The Bertz CT molecular complexity index is 314. The van der Waals surface area contributed by atoms with Gasteiger partial charge in [-0.2, -0.15) is 0 Å². The number of nitrogens with zero attached hydrogens (tertiary/aromatic N) is 2. The van der Waals surface area contributed by atoms with Crippen molar-refractivity contribution in [3.63, 3.8) is 0 Å². The molecule has 2 fully saturated rings. The lowest BCUT2D eigenvalue weighted by Crippen LogP contribution is -2.47. The van der Waals surface area contributed by atoms with Crippen LogP contribution >= 0.6 is 0 Å². The molecule has 110 valence electrons. The first-order valence-corrected chi connectivity index (χ1v) is 7.29. The summed E-state index contributed by atoms with van der Waals surface area (Å²) >= 11 is 0. The highest BCUT2D eigenvalue weighted by molar-refractivity contribution is 5.79. The molecule has 0 radical (unpaired) electrons. The highest BCUT2D eigenvalue weighted by Gasteiger charge is 2.45. The molecule has 0 saturated carbocycles. The summed E-state index contributed by atoms with van der Waals surface area (Å²) in [7, 11) is 1.72. The summed E-state index contributed by atoms with van der Waals surface area (Å²) in [5.74, 6) is 0.142. The average Bonchev–Trinajstić information content (AvgIpc) is 2.61. The maximum atomic E-state index is 12.7. The smallest absolute Gasteiger partial charge is 0.223 e. The van der Waals surface area contributed by atoms with E-state index >= 15 is 0 Å². The van der Waals surface area contributed by atoms with Gasteiger partial charge in [0.25, 0.3) is 0 Å². The minimum absolute atomic E-state index is 0.0645. The molecule has 0 aliphatic carbocycles. The van der Waals surface area contributed by atoms with Crippen LogP contribution in [0, 0.1) is 0 Å². The molecule has 0 aromatic rings. The summed E-state index contributed by atoms with van der Waals surface area (Å²) in [6.45, 7) is 3.59. The quantitative estimate of drug-likeness (QED) is 0.759. The van der Waals surface area contributed by atoms with Gasteiger partial charge in [0.15, 0.2) is 0 Å². The lowest BCUT2D eigenvalue weighted by molar-refractivity contribution is -0.131. The molecule has 2 saturated heterocycles. The second-order valence-electron chi connectivity index (χ2n) is 5.65. The van der Waals surface area contributed by atoms with E-state index in [9.17, 15) is 9.18 Å². The standard InChI is InChI=1S/C14H25FN2O2/c1-19-12-11-16-8-2-4-14(6-9-16)5-3-13(18)17(14)10-7-15/h2-12H2,1H3/t14-/m1/s1. The first-order chi connectivity index (χ1) is 9.22. The van der Waals surface area contributed by atoms with Crippen molar-refractivity contribution >= 4 is 5.91 Å². The molecule has 0 unspecified atom stereocenters. The van der Waals surface area contributed by atoms with Crippen molar-refractivity contribution in [3.05, 3.63) is 0 Å². The van der Waals surface area contributed by atoms with E-state index in [1.54, 1.807) is 7.11 Å². The predicted octanol–water partition coefficient (Wildman–Crippen LogP) is 1.45. The number of hydrogen-bond donors (Lipinski definition) is 0. The minimum atomic E-state index is -0.430. The third-order valence-corrected chi connectivity index (χ3v) is 4.61. The number of ether oxygens (including phenoxy) is 1. The van der Waals surface area contributed by atoms with Gasteiger partial charge in [-0.3, -0.25) is 4.79 Å². The van der Waals surface area contributed by atoms with Crippen LogP contribution in [0.4, 0.5) is 4.39 Å². The SMILES string of the molecule is COCCN1CCC[C@@]2(CCC(=O)N2CCF)CC1. The molecule has 1 atom stereocenters. The van der Waals surface area contributed by atoms with Crippen LogP contribution in [-0.4, -0.2) is 67.8 Å². The van der Waals surface area contributed by atoms with Crippen molar-refractivity contribution in [2.24, 2.45) is 0 Å². The first-order valence-electron chi connectivity index (χ1n) is 7.29. The second kappa shape index (κ2) is 6.66. The van der Waals surface area contributed by atoms with Crippen LogP contribution < -0.4 is 0 Å². The van der Waals surface area contributed by atoms with Gasteiger partial charge in [-0.25, -0.2) is 4.39 Å². The summed E-state index contributed by atoms with van der Waals surface area (Å²) in [6, 6.07) is 0. The van der Waals surface area contributed by atoms with Gasteiger partial charge in [0.05, 0.1) is 6.61 Å². The fraction of sp³-hybridized carbons (Fsp3) is 0.929. The molecule has 1 amide bonds. The molecule has 2 aliphatic rings. The number of halogens is 1. The normalized spacial score (nSPS) is 29.2. The van der Waals surface area contributed by atoms with Gasteiger partial charge in [0, 0.05) is 38.7 Å². The first kappa shape index (κ1) is 14.7. The summed E-state index contributed by atoms with van der Waals surface area (Å²) in [6.07, 6.45) is 4.58. The largest absolute Gasteiger partial charge is 0.383 e. The van der Waals surface area contributed by atoms with Crippen LogP contribution in [0.25, 0.3) is 0 Å². The Kier molecular flexibility index (Phi) is 5.16. The van der Waals surface area contributed by atoms with Gasteiger partial charge >= 0.3 is 0 Å². The van der Waals surface area contributed by atoms with Gasteiger partial charge < -0.3 is 14.5 Å². The second-order valence-corrected chi connectivity index (χ2v) is 5.65. The molecule has 1 spiro atoms. The molecule has 0 aromatic carbocycles. The Morgan fingerprint density at radius 2 is 2.11 bits per heavy atom. The number of alkyl halides is 1. The number of rotatable bonds is 5. The maximum Gasteiger partial charge on any atom is 0.223 e. The lowest BCUT2D eigenvalue weighted by atomic mass is 9.88. The fourth-order valence-corrected chi connectivity index (χ4v) is 3.52. The van der Waals surface area contributed by atoms with Gasteiger partial charge in [-0.15, -0.1) is 0 Å². The molecule has 2 rings (SSSR count). The van der Waals surface area contributed by atoms with Crippen molar-refractivity contribution in [1.82, 2.24) is 9.80 Å². The van der Waals surface area contributed by atoms with Crippen LogP contribution in [0.15, 0.2) is 0 Å². The Balaban J connectivity index is 1.98. The van der Waals surface area contributed by atoms with E-state index in [1.807, 2.05) is 4.90 Å². The van der Waals surface area contributed by atoms with Crippen molar-refractivity contribution < 1.29 is 13.9 Å². The molecule has 4 nitrogen and oxygen atoms in total. The van der Waals surface area contributed by atoms with E-state index in [1.165, 1.54) is 0 Å². The maximum absolute atomic E-state index is 12.7. The predicted molar refractivity (Wildman–Crippen MR) is 71.8 cm³/mol. The zero-order valence-electron chi connectivity index (χ0n) is 11.9. The number of hydrogen-bond acceptors (Lipinski definition) is 3. The zero-order valence-corrected chi connectivity index (χ0v) is 11.9. The molecular formula is C14H25FN2O2. The molecule has 5 heteroatoms. The van der Waals surface area contributed by atoms with Crippen LogP contribution in [0.5, 0.6) is 0 Å². The Morgan fingerprint density at radius 3 is 2.84 bits per heavy atom. The van der Waals surface area contributed by atoms with E-state index in [-0.39, 0.29) is 18.0 Å². The fourth-order valence-electron chi connectivity index (χ4n) is 3.52. The number of carbonyl (C=O) groups is 1. The average molecular weight is 272 g/mol. The van der Waals surface area contributed by atoms with Crippen molar-refractivity contribution in [3.8, 4) is 0 Å². The van der Waals surface area contributed by atoms with Crippen LogP contribution in [0.3, 0.4) is 0 Å². The number of carbonyl (C=O) groups excluding carboxylic acids is 1. The highest BCUT2D eigenvalue weighted by atomic mass is 19.1. The third kappa shape index (κ3) is 3.26. The third-order valence-electron chi connectivity index (χ3n) is 4.61. The van der Waals surface area contributed by atoms with Gasteiger partial charge in [0.2, 0.25) is 5.91 Å². The number of methoxy groups -OCH3 is 1. The molecule has 2 heterocycles. The van der Waals surface area contributed by atoms with Gasteiger partial charge in [0.1, 0.15) is 6.67 Å². The Labute approximate surface area is 114 Å². The lowest BCUT2D eigenvalue weighted by Gasteiger charge is -2.37. The molecule has 0 bridgehead atoms.